The Kier molecular flexibility index (Phi) is 5.50. The Morgan fingerprint density at radius 1 is 1.43 bits per heavy atom. The molecule has 0 bridgehead atoms. The van der Waals surface area contributed by atoms with Crippen molar-refractivity contribution in [1.82, 2.24) is 9.97 Å². The summed E-state index contributed by atoms with van der Waals surface area (Å²) < 4.78 is 4.90. The summed E-state index contributed by atoms with van der Waals surface area (Å²) in [4.78, 5) is 43.2. The molecule has 1 atom stereocenters. The first-order chi connectivity index (χ1) is 13.4. The van der Waals surface area contributed by atoms with E-state index in [2.05, 4.69) is 15.3 Å². The number of aromatic nitrogens is 2. The largest absolute Gasteiger partial charge is 0.466 e. The monoisotopic (exact) mass is 402 g/mol. The number of thioether (sulfide) groups is 1. The number of hydrogen-bond donors (Lipinski definition) is 2. The average Bonchev–Trinajstić information content (AvgIpc) is 2.66. The van der Waals surface area contributed by atoms with Crippen LogP contribution in [0.1, 0.15) is 30.9 Å². The van der Waals surface area contributed by atoms with Crippen LogP contribution >= 0.6 is 11.8 Å². The minimum Gasteiger partial charge on any atom is -0.466 e. The number of nitro benzene ring substituents is 1. The molecule has 2 aromatic rings. The quantitative estimate of drug-likeness (QED) is 0.257. The van der Waals surface area contributed by atoms with Crippen LogP contribution in [0.25, 0.3) is 0 Å². The van der Waals surface area contributed by atoms with Crippen LogP contribution in [0.5, 0.6) is 0 Å². The highest BCUT2D eigenvalue weighted by atomic mass is 32.2. The summed E-state index contributed by atoms with van der Waals surface area (Å²) in [5.41, 5.74) is 0.771. The van der Waals surface area contributed by atoms with Crippen LogP contribution in [0.15, 0.2) is 45.5 Å². The smallest absolute Gasteiger partial charge is 0.336 e. The predicted octanol–water partition coefficient (Wildman–Crippen LogP) is 2.79. The van der Waals surface area contributed by atoms with Crippen molar-refractivity contribution in [1.29, 1.82) is 0 Å². The zero-order chi connectivity index (χ0) is 20.4. The van der Waals surface area contributed by atoms with Crippen molar-refractivity contribution < 1.29 is 14.5 Å². The van der Waals surface area contributed by atoms with Crippen LogP contribution in [0, 0.1) is 10.1 Å². The lowest BCUT2D eigenvalue weighted by molar-refractivity contribution is -0.384. The minimum atomic E-state index is -0.847. The maximum absolute atomic E-state index is 12.9. The lowest BCUT2D eigenvalue weighted by Gasteiger charge is -2.28. The third kappa shape index (κ3) is 3.50. The van der Waals surface area contributed by atoms with Crippen LogP contribution in [-0.2, 0) is 9.53 Å². The van der Waals surface area contributed by atoms with Crippen LogP contribution < -0.4 is 10.9 Å². The Morgan fingerprint density at radius 2 is 2.18 bits per heavy atom. The number of fused-ring (bicyclic) bond motifs is 1. The predicted molar refractivity (Wildman–Crippen MR) is 105 cm³/mol. The van der Waals surface area contributed by atoms with Crippen LogP contribution in [0.2, 0.25) is 0 Å². The number of nitrogens with zero attached hydrogens (tertiary/aromatic N) is 2. The molecule has 0 aliphatic carbocycles. The summed E-state index contributed by atoms with van der Waals surface area (Å²) >= 11 is 1.37. The number of esters is 1. The zero-order valence-electron chi connectivity index (χ0n) is 15.4. The number of aromatic amines is 1. The molecule has 0 radical (unpaired) electrons. The molecule has 3 rings (SSSR count). The molecule has 9 nitrogen and oxygen atoms in total. The number of anilines is 1. The number of carbonyl (C=O) groups excluding carboxylic acids is 1. The number of nitrogens with one attached hydrogen (secondary N) is 2. The normalized spacial score (nSPS) is 15.6. The van der Waals surface area contributed by atoms with Gasteiger partial charge in [0.05, 0.1) is 29.1 Å². The van der Waals surface area contributed by atoms with Gasteiger partial charge in [-0.2, -0.15) is 0 Å². The zero-order valence-corrected chi connectivity index (χ0v) is 16.3. The van der Waals surface area contributed by atoms with Gasteiger partial charge in [0, 0.05) is 17.8 Å². The number of hydrogen-bond acceptors (Lipinski definition) is 8. The van der Waals surface area contributed by atoms with Gasteiger partial charge in [-0.1, -0.05) is 30.8 Å². The van der Waals surface area contributed by atoms with E-state index in [9.17, 15) is 19.7 Å². The van der Waals surface area contributed by atoms with Crippen molar-refractivity contribution in [2.45, 2.75) is 24.9 Å². The van der Waals surface area contributed by atoms with E-state index < -0.39 is 22.4 Å². The van der Waals surface area contributed by atoms with Crippen molar-refractivity contribution in [2.75, 3.05) is 18.2 Å². The highest BCUT2D eigenvalue weighted by molar-refractivity contribution is 7.99. The number of benzene rings is 1. The molecule has 0 amide bonds. The molecule has 10 heteroatoms. The van der Waals surface area contributed by atoms with E-state index in [0.29, 0.717) is 22.2 Å². The molecule has 146 valence electrons. The number of carbonyl (C=O) groups is 1. The van der Waals surface area contributed by atoms with E-state index in [-0.39, 0.29) is 16.8 Å². The molecule has 28 heavy (non-hydrogen) atoms. The van der Waals surface area contributed by atoms with Crippen molar-refractivity contribution in [3.63, 3.8) is 0 Å². The fourth-order valence-electron chi connectivity index (χ4n) is 3.17. The van der Waals surface area contributed by atoms with Gasteiger partial charge in [0.1, 0.15) is 5.82 Å². The second-order valence-corrected chi connectivity index (χ2v) is 7.26. The van der Waals surface area contributed by atoms with Gasteiger partial charge in [0.25, 0.3) is 11.2 Å². The van der Waals surface area contributed by atoms with Gasteiger partial charge in [0.15, 0.2) is 5.16 Å². The van der Waals surface area contributed by atoms with Gasteiger partial charge in [-0.15, -0.1) is 0 Å². The molecule has 1 aliphatic heterocycles. The Bertz CT molecular complexity index is 1050. The van der Waals surface area contributed by atoms with Gasteiger partial charge >= 0.3 is 5.97 Å². The number of ether oxygens (including phenoxy) is 1. The van der Waals surface area contributed by atoms with Gasteiger partial charge in [-0.05, 0) is 18.2 Å². The number of methoxy groups -OCH3 is 1. The van der Waals surface area contributed by atoms with E-state index in [1.165, 1.54) is 37.1 Å². The first kappa shape index (κ1) is 19.6. The fourth-order valence-corrected chi connectivity index (χ4v) is 3.76. The molecule has 0 saturated carbocycles. The molecular formula is C18H18N4O5S. The summed E-state index contributed by atoms with van der Waals surface area (Å²) in [6.45, 7) is 3.61. The number of H-pyrrole nitrogens is 1. The summed E-state index contributed by atoms with van der Waals surface area (Å²) in [7, 11) is 1.24. The second-order valence-electron chi connectivity index (χ2n) is 6.01. The summed E-state index contributed by atoms with van der Waals surface area (Å²) in [5.74, 6) is -0.432. The topological polar surface area (TPSA) is 127 Å². The third-order valence-electron chi connectivity index (χ3n) is 4.32. The molecule has 0 spiro atoms. The molecular weight excluding hydrogens is 384 g/mol. The highest BCUT2D eigenvalue weighted by Crippen LogP contribution is 2.40. The van der Waals surface area contributed by atoms with Crippen molar-refractivity contribution >= 4 is 29.2 Å². The molecule has 0 saturated heterocycles. The van der Waals surface area contributed by atoms with Crippen LogP contribution in [0.4, 0.5) is 11.5 Å². The van der Waals surface area contributed by atoms with Gasteiger partial charge in [-0.3, -0.25) is 14.9 Å². The fraction of sp³-hybridized carbons (Fsp3) is 0.278. The van der Waals surface area contributed by atoms with Crippen molar-refractivity contribution in [2.24, 2.45) is 0 Å². The lowest BCUT2D eigenvalue weighted by Crippen LogP contribution is -2.31. The summed E-state index contributed by atoms with van der Waals surface area (Å²) in [6.07, 6.45) is 0. The van der Waals surface area contributed by atoms with Gasteiger partial charge in [0.2, 0.25) is 0 Å². The van der Waals surface area contributed by atoms with E-state index >= 15 is 0 Å². The van der Waals surface area contributed by atoms with Gasteiger partial charge < -0.3 is 15.0 Å². The Morgan fingerprint density at radius 3 is 2.82 bits per heavy atom. The van der Waals surface area contributed by atoms with Gasteiger partial charge in [-0.25, -0.2) is 9.78 Å². The maximum Gasteiger partial charge on any atom is 0.336 e. The number of nitro groups is 1. The van der Waals surface area contributed by atoms with E-state index in [1.54, 1.807) is 13.0 Å². The molecule has 2 heterocycles. The molecule has 0 fully saturated rings. The molecule has 1 aromatic heterocycles. The number of allylic oxidation sites excluding steroid dienone is 1. The maximum atomic E-state index is 12.9. The highest BCUT2D eigenvalue weighted by Gasteiger charge is 2.36. The SMILES string of the molecule is CCSc1nc2c(c(=O)[nH]1)C(c1cccc([N+](=O)[O-])c1)C(C(=O)OC)=C(C)N2. The molecule has 1 unspecified atom stereocenters. The number of rotatable bonds is 5. The molecule has 2 N–H and O–H groups in total. The Balaban J connectivity index is 2.28. The summed E-state index contributed by atoms with van der Waals surface area (Å²) in [6, 6.07) is 5.85. The van der Waals surface area contributed by atoms with Crippen molar-refractivity contribution in [3.8, 4) is 0 Å². The lowest BCUT2D eigenvalue weighted by atomic mass is 9.82. The van der Waals surface area contributed by atoms with Crippen LogP contribution in [0.3, 0.4) is 0 Å². The second kappa shape index (κ2) is 7.85. The van der Waals surface area contributed by atoms with E-state index in [4.69, 9.17) is 4.74 Å². The number of non-ortho nitro benzene ring substituents is 1. The summed E-state index contributed by atoms with van der Waals surface area (Å²) in [5, 5.41) is 14.7. The average molecular weight is 402 g/mol. The Labute approximate surface area is 164 Å². The van der Waals surface area contributed by atoms with E-state index in [0.717, 1.165) is 5.75 Å². The first-order valence-corrected chi connectivity index (χ1v) is 9.43. The van der Waals surface area contributed by atoms with Crippen molar-refractivity contribution in [3.05, 3.63) is 67.1 Å². The molecule has 1 aliphatic rings. The standard InChI is InChI=1S/C18H18N4O5S/c1-4-28-18-20-15-14(16(23)21-18)13(12(9(2)19-15)17(24)27-3)10-6-5-7-11(8-10)22(25)26/h5-8,13H,4H2,1-3H3,(H2,19,20,21,23). The minimum absolute atomic E-state index is 0.137. The van der Waals surface area contributed by atoms with Crippen LogP contribution in [-0.4, -0.2) is 33.7 Å². The Hall–Kier alpha value is -3.14. The van der Waals surface area contributed by atoms with E-state index in [1.807, 2.05) is 6.92 Å². The first-order valence-electron chi connectivity index (χ1n) is 8.44. The molecule has 1 aromatic carbocycles. The third-order valence-corrected chi connectivity index (χ3v) is 5.08.